The molecule has 0 aromatic carbocycles. The number of carbonyl (C=O) groups excluding carboxylic acids is 1. The second-order valence-electron chi connectivity index (χ2n) is 4.33. The molecule has 0 aliphatic rings. The van der Waals surface area contributed by atoms with Crippen LogP contribution in [0.25, 0.3) is 0 Å². The topological polar surface area (TPSA) is 88.4 Å². The standard InChI is InChI=1S/C12H18N4O3/c1-5-15(4)12(17)9(3)14-11-6-8(2)10(7-13-11)16(18)19/h6-7,9H,5H2,1-4H3,(H,13,14). The summed E-state index contributed by atoms with van der Waals surface area (Å²) in [6.45, 7) is 5.87. The Bertz CT molecular complexity index is 490. The third-order valence-electron chi connectivity index (χ3n) is 2.87. The van der Waals surface area contributed by atoms with Crippen molar-refractivity contribution in [3.05, 3.63) is 27.9 Å². The number of pyridine rings is 1. The van der Waals surface area contributed by atoms with Gasteiger partial charge in [0.05, 0.1) is 4.92 Å². The zero-order chi connectivity index (χ0) is 14.6. The van der Waals surface area contributed by atoms with E-state index in [1.807, 2.05) is 6.92 Å². The number of hydrogen-bond acceptors (Lipinski definition) is 5. The third-order valence-corrected chi connectivity index (χ3v) is 2.87. The highest BCUT2D eigenvalue weighted by molar-refractivity contribution is 5.83. The summed E-state index contributed by atoms with van der Waals surface area (Å²) in [5, 5.41) is 13.6. The number of aromatic nitrogens is 1. The van der Waals surface area contributed by atoms with Gasteiger partial charge < -0.3 is 10.2 Å². The third kappa shape index (κ3) is 3.64. The van der Waals surface area contributed by atoms with Crippen molar-refractivity contribution >= 4 is 17.4 Å². The van der Waals surface area contributed by atoms with E-state index in [0.29, 0.717) is 17.9 Å². The number of nitrogens with zero attached hydrogens (tertiary/aromatic N) is 3. The molecule has 1 heterocycles. The van der Waals surface area contributed by atoms with Crippen molar-refractivity contribution in [3.63, 3.8) is 0 Å². The lowest BCUT2D eigenvalue weighted by atomic mass is 10.2. The van der Waals surface area contributed by atoms with Gasteiger partial charge in [-0.3, -0.25) is 14.9 Å². The number of hydrogen-bond donors (Lipinski definition) is 1. The van der Waals surface area contributed by atoms with Gasteiger partial charge in [0.1, 0.15) is 18.1 Å². The van der Waals surface area contributed by atoms with Crippen LogP contribution in [0.3, 0.4) is 0 Å². The molecule has 0 aliphatic heterocycles. The van der Waals surface area contributed by atoms with Crippen LogP contribution in [-0.2, 0) is 4.79 Å². The van der Waals surface area contributed by atoms with Crippen LogP contribution in [0.1, 0.15) is 19.4 Å². The molecule has 1 unspecified atom stereocenters. The van der Waals surface area contributed by atoms with Gasteiger partial charge in [0.25, 0.3) is 5.69 Å². The Labute approximate surface area is 111 Å². The number of carbonyl (C=O) groups is 1. The largest absolute Gasteiger partial charge is 0.359 e. The normalized spacial score (nSPS) is 11.8. The summed E-state index contributed by atoms with van der Waals surface area (Å²) >= 11 is 0. The fourth-order valence-corrected chi connectivity index (χ4v) is 1.59. The molecular weight excluding hydrogens is 248 g/mol. The molecule has 0 bridgehead atoms. The van der Waals surface area contributed by atoms with E-state index in [9.17, 15) is 14.9 Å². The molecular formula is C12H18N4O3. The van der Waals surface area contributed by atoms with Crippen LogP contribution in [0.5, 0.6) is 0 Å². The van der Waals surface area contributed by atoms with Gasteiger partial charge in [0.2, 0.25) is 5.91 Å². The lowest BCUT2D eigenvalue weighted by molar-refractivity contribution is -0.385. The van der Waals surface area contributed by atoms with E-state index in [1.165, 1.54) is 6.20 Å². The smallest absolute Gasteiger partial charge is 0.290 e. The van der Waals surface area contributed by atoms with E-state index in [4.69, 9.17) is 0 Å². The molecule has 7 nitrogen and oxygen atoms in total. The molecule has 0 spiro atoms. The van der Waals surface area contributed by atoms with Crippen molar-refractivity contribution in [2.75, 3.05) is 18.9 Å². The van der Waals surface area contributed by atoms with Crippen LogP contribution in [0.4, 0.5) is 11.5 Å². The van der Waals surface area contributed by atoms with Crippen molar-refractivity contribution in [2.24, 2.45) is 0 Å². The van der Waals surface area contributed by atoms with Gasteiger partial charge in [-0.25, -0.2) is 4.98 Å². The lowest BCUT2D eigenvalue weighted by Gasteiger charge is -2.20. The molecule has 1 atom stereocenters. The monoisotopic (exact) mass is 266 g/mol. The first-order valence-corrected chi connectivity index (χ1v) is 5.99. The Morgan fingerprint density at radius 2 is 2.26 bits per heavy atom. The van der Waals surface area contributed by atoms with Gasteiger partial charge in [-0.2, -0.15) is 0 Å². The quantitative estimate of drug-likeness (QED) is 0.645. The van der Waals surface area contributed by atoms with Crippen molar-refractivity contribution in [1.29, 1.82) is 0 Å². The summed E-state index contributed by atoms with van der Waals surface area (Å²) in [6.07, 6.45) is 1.19. The molecule has 1 rings (SSSR count). The second-order valence-corrected chi connectivity index (χ2v) is 4.33. The van der Waals surface area contributed by atoms with E-state index >= 15 is 0 Å². The Kier molecular flexibility index (Phi) is 4.80. The van der Waals surface area contributed by atoms with Gasteiger partial charge in [-0.15, -0.1) is 0 Å². The molecule has 1 aromatic rings. The molecule has 0 aliphatic carbocycles. The van der Waals surface area contributed by atoms with Gasteiger partial charge in [-0.05, 0) is 26.8 Å². The minimum atomic E-state index is -0.481. The van der Waals surface area contributed by atoms with Gasteiger partial charge in [-0.1, -0.05) is 0 Å². The summed E-state index contributed by atoms with van der Waals surface area (Å²) in [7, 11) is 1.72. The van der Waals surface area contributed by atoms with Crippen LogP contribution < -0.4 is 5.32 Å². The van der Waals surface area contributed by atoms with Crippen LogP contribution in [-0.4, -0.2) is 40.3 Å². The van der Waals surface area contributed by atoms with Crippen LogP contribution in [0.15, 0.2) is 12.3 Å². The minimum Gasteiger partial charge on any atom is -0.359 e. The van der Waals surface area contributed by atoms with E-state index in [0.717, 1.165) is 0 Å². The van der Waals surface area contributed by atoms with Crippen LogP contribution in [0, 0.1) is 17.0 Å². The second kappa shape index (κ2) is 6.12. The molecule has 1 amide bonds. The average molecular weight is 266 g/mol. The van der Waals surface area contributed by atoms with E-state index in [1.54, 1.807) is 31.9 Å². The highest BCUT2D eigenvalue weighted by Crippen LogP contribution is 2.19. The number of rotatable bonds is 5. The highest BCUT2D eigenvalue weighted by Gasteiger charge is 2.18. The first-order chi connectivity index (χ1) is 8.86. The van der Waals surface area contributed by atoms with Gasteiger partial charge >= 0.3 is 0 Å². The van der Waals surface area contributed by atoms with Crippen LogP contribution in [0.2, 0.25) is 0 Å². The number of amides is 1. The summed E-state index contributed by atoms with van der Waals surface area (Å²) in [6, 6.07) is 1.13. The molecule has 104 valence electrons. The fourth-order valence-electron chi connectivity index (χ4n) is 1.59. The maximum absolute atomic E-state index is 11.9. The molecule has 19 heavy (non-hydrogen) atoms. The van der Waals surface area contributed by atoms with E-state index in [-0.39, 0.29) is 11.6 Å². The van der Waals surface area contributed by atoms with Crippen LogP contribution >= 0.6 is 0 Å². The van der Waals surface area contributed by atoms with Crippen molar-refractivity contribution in [1.82, 2.24) is 9.88 Å². The molecule has 0 radical (unpaired) electrons. The predicted octanol–water partition coefficient (Wildman–Crippen LogP) is 1.58. The number of anilines is 1. The summed E-state index contributed by atoms with van der Waals surface area (Å²) in [5.41, 5.74) is 0.473. The van der Waals surface area contributed by atoms with Crippen molar-refractivity contribution in [3.8, 4) is 0 Å². The van der Waals surface area contributed by atoms with E-state index in [2.05, 4.69) is 10.3 Å². The molecule has 7 heteroatoms. The lowest BCUT2D eigenvalue weighted by Crippen LogP contribution is -2.39. The number of aryl methyl sites for hydroxylation is 1. The Morgan fingerprint density at radius 1 is 1.63 bits per heavy atom. The van der Waals surface area contributed by atoms with E-state index < -0.39 is 11.0 Å². The maximum Gasteiger partial charge on any atom is 0.290 e. The fraction of sp³-hybridized carbons (Fsp3) is 0.500. The molecule has 1 N–H and O–H groups in total. The summed E-state index contributed by atoms with van der Waals surface area (Å²) in [4.78, 5) is 27.6. The Morgan fingerprint density at radius 3 is 2.74 bits per heavy atom. The summed E-state index contributed by atoms with van der Waals surface area (Å²) < 4.78 is 0. The SMILES string of the molecule is CCN(C)C(=O)C(C)Nc1cc(C)c([N+](=O)[O-])cn1. The van der Waals surface area contributed by atoms with Crippen molar-refractivity contribution < 1.29 is 9.72 Å². The Hall–Kier alpha value is -2.18. The maximum atomic E-state index is 11.9. The highest BCUT2D eigenvalue weighted by atomic mass is 16.6. The molecule has 0 fully saturated rings. The molecule has 0 saturated carbocycles. The number of nitro groups is 1. The summed E-state index contributed by atoms with van der Waals surface area (Å²) in [5.74, 6) is 0.397. The first kappa shape index (κ1) is 14.9. The Balaban J connectivity index is 2.81. The van der Waals surface area contributed by atoms with Gasteiger partial charge in [0, 0.05) is 19.2 Å². The van der Waals surface area contributed by atoms with Gasteiger partial charge in [0.15, 0.2) is 0 Å². The van der Waals surface area contributed by atoms with Crippen molar-refractivity contribution in [2.45, 2.75) is 26.8 Å². The predicted molar refractivity (Wildman–Crippen MR) is 72.0 cm³/mol. The molecule has 0 saturated heterocycles. The number of nitrogens with one attached hydrogen (secondary N) is 1. The first-order valence-electron chi connectivity index (χ1n) is 5.99. The zero-order valence-electron chi connectivity index (χ0n) is 11.5. The number of likely N-dealkylation sites (N-methyl/N-ethyl adjacent to an activating group) is 1. The average Bonchev–Trinajstić information content (AvgIpc) is 2.36. The minimum absolute atomic E-state index is 0.0322. The molecule has 1 aromatic heterocycles. The zero-order valence-corrected chi connectivity index (χ0v) is 11.5.